The predicted molar refractivity (Wildman–Crippen MR) is 70.3 cm³/mol. The highest BCUT2D eigenvalue weighted by Gasteiger charge is 2.11. The molecule has 3 rings (SSSR count). The van der Waals surface area contributed by atoms with E-state index in [1.54, 1.807) is 0 Å². The molecule has 0 amide bonds. The van der Waals surface area contributed by atoms with Crippen LogP contribution in [0.15, 0.2) is 28.7 Å². The lowest BCUT2D eigenvalue weighted by molar-refractivity contribution is 0.625. The number of H-pyrrole nitrogens is 1. The summed E-state index contributed by atoms with van der Waals surface area (Å²) in [6.07, 6.45) is 1.96. The Kier molecular flexibility index (Phi) is 2.63. The van der Waals surface area contributed by atoms with Gasteiger partial charge in [0.25, 0.3) is 0 Å². The van der Waals surface area contributed by atoms with Gasteiger partial charge in [-0.05, 0) is 31.5 Å². The van der Waals surface area contributed by atoms with Crippen molar-refractivity contribution >= 4 is 11.0 Å². The van der Waals surface area contributed by atoms with Crippen molar-refractivity contribution < 1.29 is 4.42 Å². The molecule has 1 aromatic carbocycles. The second kappa shape index (κ2) is 4.29. The minimum Gasteiger partial charge on any atom is -0.453 e. The number of fused-ring (bicyclic) bond motifs is 1. The quantitative estimate of drug-likeness (QED) is 0.763. The molecule has 0 radical (unpaired) electrons. The lowest BCUT2D eigenvalue weighted by atomic mass is 10.2. The van der Waals surface area contributed by atoms with Crippen LogP contribution in [0.3, 0.4) is 0 Å². The summed E-state index contributed by atoms with van der Waals surface area (Å²) in [5, 5.41) is 8.22. The number of aryl methyl sites for hydroxylation is 2. The molecule has 0 spiro atoms. The fraction of sp³-hybridized carbons (Fsp3) is 0.286. The standard InChI is InChI=1S/C14H15N3O/c1-3-4-13-15-14(17-16-13)12-8-10-7-9(2)5-6-11(10)18-12/h5-8H,3-4H2,1-2H3,(H,15,16,17). The minimum absolute atomic E-state index is 0.632. The van der Waals surface area contributed by atoms with Crippen molar-refractivity contribution in [3.8, 4) is 11.6 Å². The lowest BCUT2D eigenvalue weighted by Crippen LogP contribution is -1.84. The first kappa shape index (κ1) is 11.0. The Hall–Kier alpha value is -2.10. The van der Waals surface area contributed by atoms with Gasteiger partial charge in [0.15, 0.2) is 5.76 Å². The van der Waals surface area contributed by atoms with Crippen LogP contribution in [-0.4, -0.2) is 15.2 Å². The van der Waals surface area contributed by atoms with Crippen LogP contribution in [-0.2, 0) is 6.42 Å². The van der Waals surface area contributed by atoms with E-state index in [-0.39, 0.29) is 0 Å². The molecule has 0 atom stereocenters. The van der Waals surface area contributed by atoms with Gasteiger partial charge in [0, 0.05) is 11.8 Å². The fourth-order valence-corrected chi connectivity index (χ4v) is 2.03. The Balaban J connectivity index is 2.02. The summed E-state index contributed by atoms with van der Waals surface area (Å²) in [6.45, 7) is 4.18. The van der Waals surface area contributed by atoms with E-state index in [1.165, 1.54) is 5.56 Å². The molecule has 0 saturated heterocycles. The molecule has 2 aromatic heterocycles. The zero-order valence-electron chi connectivity index (χ0n) is 10.5. The van der Waals surface area contributed by atoms with Crippen LogP contribution in [0.1, 0.15) is 24.7 Å². The summed E-state index contributed by atoms with van der Waals surface area (Å²) < 4.78 is 5.76. The Morgan fingerprint density at radius 2 is 2.17 bits per heavy atom. The number of furan rings is 1. The molecule has 2 heterocycles. The van der Waals surface area contributed by atoms with Gasteiger partial charge in [0.1, 0.15) is 11.4 Å². The first-order valence-electron chi connectivity index (χ1n) is 6.18. The Morgan fingerprint density at radius 1 is 1.28 bits per heavy atom. The molecular formula is C14H15N3O. The van der Waals surface area contributed by atoms with E-state index in [2.05, 4.69) is 35.1 Å². The molecule has 92 valence electrons. The van der Waals surface area contributed by atoms with Crippen LogP contribution < -0.4 is 0 Å². The SMILES string of the molecule is CCCc1nc(-c2cc3cc(C)ccc3o2)n[nH]1. The van der Waals surface area contributed by atoms with Gasteiger partial charge in [-0.15, -0.1) is 0 Å². The normalized spacial score (nSPS) is 11.2. The van der Waals surface area contributed by atoms with Crippen LogP contribution in [0.4, 0.5) is 0 Å². The first-order chi connectivity index (χ1) is 8.76. The molecule has 4 heteroatoms. The summed E-state index contributed by atoms with van der Waals surface area (Å²) in [6, 6.07) is 8.10. The highest BCUT2D eigenvalue weighted by molar-refractivity contribution is 5.82. The maximum Gasteiger partial charge on any atom is 0.216 e. The number of hydrogen-bond donors (Lipinski definition) is 1. The third-order valence-corrected chi connectivity index (χ3v) is 2.91. The third-order valence-electron chi connectivity index (χ3n) is 2.91. The zero-order valence-corrected chi connectivity index (χ0v) is 10.5. The Morgan fingerprint density at radius 3 is 3.00 bits per heavy atom. The van der Waals surface area contributed by atoms with E-state index >= 15 is 0 Å². The summed E-state index contributed by atoms with van der Waals surface area (Å²) in [7, 11) is 0. The molecule has 0 aliphatic carbocycles. The van der Waals surface area contributed by atoms with Crippen molar-refractivity contribution in [2.75, 3.05) is 0 Å². The molecule has 0 aliphatic rings. The van der Waals surface area contributed by atoms with Crippen LogP contribution in [0, 0.1) is 6.92 Å². The van der Waals surface area contributed by atoms with Gasteiger partial charge in [-0.3, -0.25) is 5.10 Å². The molecule has 0 unspecified atom stereocenters. The van der Waals surface area contributed by atoms with Crippen molar-refractivity contribution in [2.45, 2.75) is 26.7 Å². The van der Waals surface area contributed by atoms with Crippen molar-refractivity contribution in [2.24, 2.45) is 0 Å². The molecule has 0 bridgehead atoms. The van der Waals surface area contributed by atoms with E-state index in [0.29, 0.717) is 11.6 Å². The van der Waals surface area contributed by atoms with Gasteiger partial charge in [-0.1, -0.05) is 18.6 Å². The van der Waals surface area contributed by atoms with Gasteiger partial charge >= 0.3 is 0 Å². The maximum absolute atomic E-state index is 5.76. The number of nitrogens with zero attached hydrogens (tertiary/aromatic N) is 2. The average Bonchev–Trinajstić information content (AvgIpc) is 2.94. The smallest absolute Gasteiger partial charge is 0.216 e. The number of aromatic nitrogens is 3. The summed E-state index contributed by atoms with van der Waals surface area (Å²) in [4.78, 5) is 4.43. The fourth-order valence-electron chi connectivity index (χ4n) is 2.03. The van der Waals surface area contributed by atoms with Crippen molar-refractivity contribution in [1.82, 2.24) is 15.2 Å². The molecule has 1 N–H and O–H groups in total. The van der Waals surface area contributed by atoms with Crippen LogP contribution in [0.2, 0.25) is 0 Å². The zero-order chi connectivity index (χ0) is 12.5. The van der Waals surface area contributed by atoms with E-state index in [0.717, 1.165) is 29.6 Å². The summed E-state index contributed by atoms with van der Waals surface area (Å²) in [5.74, 6) is 2.26. The van der Waals surface area contributed by atoms with E-state index in [1.807, 2.05) is 18.2 Å². The highest BCUT2D eigenvalue weighted by Crippen LogP contribution is 2.26. The second-order valence-corrected chi connectivity index (χ2v) is 4.51. The average molecular weight is 241 g/mol. The summed E-state index contributed by atoms with van der Waals surface area (Å²) in [5.41, 5.74) is 2.09. The largest absolute Gasteiger partial charge is 0.453 e. The number of nitrogens with one attached hydrogen (secondary N) is 1. The maximum atomic E-state index is 5.76. The van der Waals surface area contributed by atoms with Gasteiger partial charge in [-0.25, -0.2) is 4.98 Å². The third kappa shape index (κ3) is 1.90. The molecule has 18 heavy (non-hydrogen) atoms. The topological polar surface area (TPSA) is 54.7 Å². The second-order valence-electron chi connectivity index (χ2n) is 4.51. The van der Waals surface area contributed by atoms with E-state index in [9.17, 15) is 0 Å². The number of rotatable bonds is 3. The van der Waals surface area contributed by atoms with Gasteiger partial charge < -0.3 is 4.42 Å². The van der Waals surface area contributed by atoms with Crippen molar-refractivity contribution in [3.63, 3.8) is 0 Å². The van der Waals surface area contributed by atoms with Gasteiger partial charge in [-0.2, -0.15) is 5.10 Å². The Bertz CT molecular complexity index is 681. The summed E-state index contributed by atoms with van der Waals surface area (Å²) >= 11 is 0. The highest BCUT2D eigenvalue weighted by atomic mass is 16.3. The first-order valence-corrected chi connectivity index (χ1v) is 6.18. The predicted octanol–water partition coefficient (Wildman–Crippen LogP) is 3.48. The number of aromatic amines is 1. The van der Waals surface area contributed by atoms with Crippen molar-refractivity contribution in [3.05, 3.63) is 35.7 Å². The van der Waals surface area contributed by atoms with Crippen LogP contribution in [0.5, 0.6) is 0 Å². The lowest BCUT2D eigenvalue weighted by Gasteiger charge is -1.89. The Labute approximate surface area is 105 Å². The molecule has 3 aromatic rings. The van der Waals surface area contributed by atoms with Gasteiger partial charge in [0.2, 0.25) is 5.82 Å². The van der Waals surface area contributed by atoms with E-state index in [4.69, 9.17) is 4.42 Å². The minimum atomic E-state index is 0.632. The van der Waals surface area contributed by atoms with Crippen LogP contribution >= 0.6 is 0 Å². The van der Waals surface area contributed by atoms with Crippen molar-refractivity contribution in [1.29, 1.82) is 0 Å². The van der Waals surface area contributed by atoms with Crippen LogP contribution in [0.25, 0.3) is 22.6 Å². The molecule has 0 aliphatic heterocycles. The van der Waals surface area contributed by atoms with E-state index < -0.39 is 0 Å². The number of benzene rings is 1. The number of hydrogen-bond acceptors (Lipinski definition) is 3. The molecule has 0 saturated carbocycles. The molecule has 0 fully saturated rings. The monoisotopic (exact) mass is 241 g/mol. The molecular weight excluding hydrogens is 226 g/mol. The van der Waals surface area contributed by atoms with Gasteiger partial charge in [0.05, 0.1) is 0 Å². The molecule has 4 nitrogen and oxygen atoms in total.